The molecule has 0 bridgehead atoms. The van der Waals surface area contributed by atoms with Crippen LogP contribution in [-0.4, -0.2) is 58.5 Å². The molecule has 8 heteroatoms. The van der Waals surface area contributed by atoms with Gasteiger partial charge in [0, 0.05) is 43.5 Å². The topological polar surface area (TPSA) is 41.4 Å². The molecule has 0 unspecified atom stereocenters. The first kappa shape index (κ1) is 20.2. The molecule has 4 rings (SSSR count). The van der Waals surface area contributed by atoms with E-state index in [9.17, 15) is 18.0 Å². The van der Waals surface area contributed by atoms with Crippen molar-refractivity contribution >= 4 is 23.0 Å². The number of alkyl halides is 3. The molecule has 1 amide bonds. The van der Waals surface area contributed by atoms with E-state index in [0.717, 1.165) is 30.9 Å². The third kappa shape index (κ3) is 4.09. The first-order valence-electron chi connectivity index (χ1n) is 9.62. The Kier molecular flexibility index (Phi) is 5.34. The first-order chi connectivity index (χ1) is 14.3. The molecule has 0 atom stereocenters. The van der Waals surface area contributed by atoms with E-state index in [0.29, 0.717) is 24.2 Å². The quantitative estimate of drug-likeness (QED) is 0.612. The molecule has 1 fully saturated rings. The average Bonchev–Trinajstić information content (AvgIpc) is 3.16. The second-order valence-electron chi connectivity index (χ2n) is 7.34. The van der Waals surface area contributed by atoms with Crippen LogP contribution in [0.4, 0.5) is 13.2 Å². The Hall–Kier alpha value is -3.13. The maximum Gasteiger partial charge on any atom is 0.416 e. The summed E-state index contributed by atoms with van der Waals surface area (Å²) in [4.78, 5) is 20.6. The molecule has 30 heavy (non-hydrogen) atoms. The zero-order valence-electron chi connectivity index (χ0n) is 16.4. The largest absolute Gasteiger partial charge is 0.416 e. The van der Waals surface area contributed by atoms with Crippen molar-refractivity contribution in [3.8, 4) is 5.69 Å². The maximum atomic E-state index is 13.4. The number of hydrogen-bond donors (Lipinski definition) is 0. The zero-order valence-corrected chi connectivity index (χ0v) is 16.4. The molecule has 2 heterocycles. The lowest BCUT2D eigenvalue weighted by Crippen LogP contribution is -2.46. The number of para-hydroxylation sites is 1. The van der Waals surface area contributed by atoms with Crippen LogP contribution in [0.15, 0.2) is 54.9 Å². The number of fused-ring (bicyclic) bond motifs is 1. The van der Waals surface area contributed by atoms with Gasteiger partial charge in [0.2, 0.25) is 5.91 Å². The van der Waals surface area contributed by atoms with Crippen LogP contribution in [0, 0.1) is 0 Å². The van der Waals surface area contributed by atoms with Gasteiger partial charge in [-0.25, -0.2) is 4.98 Å². The van der Waals surface area contributed by atoms with Crippen LogP contribution in [0.25, 0.3) is 22.8 Å². The van der Waals surface area contributed by atoms with Crippen LogP contribution in [0.5, 0.6) is 0 Å². The van der Waals surface area contributed by atoms with Gasteiger partial charge in [-0.15, -0.1) is 0 Å². The number of halogens is 3. The number of piperazine rings is 1. The SMILES string of the molecule is CN1CCN(C(=O)/C=C/c2cc(C(F)(F)F)cc3ncn(-c4ccccc4)c23)CC1. The molecule has 1 aliphatic heterocycles. The van der Waals surface area contributed by atoms with E-state index in [-0.39, 0.29) is 11.4 Å². The number of hydrogen-bond acceptors (Lipinski definition) is 3. The summed E-state index contributed by atoms with van der Waals surface area (Å²) in [6.45, 7) is 2.74. The summed E-state index contributed by atoms with van der Waals surface area (Å²) in [5.74, 6) is -0.209. The molecule has 1 aromatic heterocycles. The summed E-state index contributed by atoms with van der Waals surface area (Å²) >= 11 is 0. The number of nitrogens with zero attached hydrogens (tertiary/aromatic N) is 4. The molecule has 156 valence electrons. The monoisotopic (exact) mass is 414 g/mol. The van der Waals surface area contributed by atoms with Gasteiger partial charge in [0.1, 0.15) is 6.33 Å². The number of carbonyl (C=O) groups excluding carboxylic acids is 1. The van der Waals surface area contributed by atoms with Crippen LogP contribution < -0.4 is 0 Å². The molecule has 0 saturated carbocycles. The molecular weight excluding hydrogens is 393 g/mol. The third-order valence-corrected chi connectivity index (χ3v) is 5.25. The van der Waals surface area contributed by atoms with E-state index < -0.39 is 11.7 Å². The van der Waals surface area contributed by atoms with Gasteiger partial charge in [-0.1, -0.05) is 18.2 Å². The highest BCUT2D eigenvalue weighted by molar-refractivity contribution is 5.95. The highest BCUT2D eigenvalue weighted by Crippen LogP contribution is 2.34. The Morgan fingerprint density at radius 1 is 1.07 bits per heavy atom. The molecule has 0 aliphatic carbocycles. The van der Waals surface area contributed by atoms with Crippen LogP contribution in [0.2, 0.25) is 0 Å². The molecule has 0 spiro atoms. The fourth-order valence-corrected chi connectivity index (χ4v) is 3.55. The molecule has 5 nitrogen and oxygen atoms in total. The van der Waals surface area contributed by atoms with Crippen LogP contribution in [0.1, 0.15) is 11.1 Å². The lowest BCUT2D eigenvalue weighted by molar-refractivity contribution is -0.137. The molecule has 0 radical (unpaired) electrons. The van der Waals surface area contributed by atoms with Crippen molar-refractivity contribution in [1.82, 2.24) is 19.4 Å². The minimum absolute atomic E-state index is 0.209. The molecular formula is C22H21F3N4O. The van der Waals surface area contributed by atoms with E-state index in [1.807, 2.05) is 37.4 Å². The number of aromatic nitrogens is 2. The minimum Gasteiger partial charge on any atom is -0.337 e. The predicted molar refractivity (Wildman–Crippen MR) is 109 cm³/mol. The van der Waals surface area contributed by atoms with Crippen molar-refractivity contribution in [2.45, 2.75) is 6.18 Å². The van der Waals surface area contributed by atoms with Crippen molar-refractivity contribution in [3.05, 3.63) is 66.0 Å². The van der Waals surface area contributed by atoms with Gasteiger partial charge in [-0.3, -0.25) is 9.36 Å². The van der Waals surface area contributed by atoms with Gasteiger partial charge >= 0.3 is 6.18 Å². The van der Waals surface area contributed by atoms with E-state index in [1.54, 1.807) is 9.47 Å². The highest BCUT2D eigenvalue weighted by Gasteiger charge is 2.32. The lowest BCUT2D eigenvalue weighted by Gasteiger charge is -2.31. The Morgan fingerprint density at radius 2 is 1.77 bits per heavy atom. The predicted octanol–water partition coefficient (Wildman–Crippen LogP) is 3.83. The zero-order chi connectivity index (χ0) is 21.3. The average molecular weight is 414 g/mol. The molecule has 1 aliphatic rings. The number of carbonyl (C=O) groups is 1. The summed E-state index contributed by atoms with van der Waals surface area (Å²) in [5, 5.41) is 0. The van der Waals surface area contributed by atoms with Gasteiger partial charge in [0.15, 0.2) is 0 Å². The smallest absolute Gasteiger partial charge is 0.337 e. The molecule has 0 N–H and O–H groups in total. The maximum absolute atomic E-state index is 13.4. The second kappa shape index (κ2) is 7.95. The fourth-order valence-electron chi connectivity index (χ4n) is 3.55. The molecule has 1 saturated heterocycles. The van der Waals surface area contributed by atoms with Crippen molar-refractivity contribution in [2.24, 2.45) is 0 Å². The van der Waals surface area contributed by atoms with E-state index in [1.165, 1.54) is 18.5 Å². The highest BCUT2D eigenvalue weighted by atomic mass is 19.4. The van der Waals surface area contributed by atoms with Gasteiger partial charge in [0.05, 0.1) is 16.6 Å². The Bertz CT molecular complexity index is 1080. The number of likely N-dealkylation sites (N-methyl/N-ethyl adjacent to an activating group) is 1. The van der Waals surface area contributed by atoms with Gasteiger partial charge in [-0.2, -0.15) is 13.2 Å². The van der Waals surface area contributed by atoms with Crippen LogP contribution in [0.3, 0.4) is 0 Å². The van der Waals surface area contributed by atoms with E-state index >= 15 is 0 Å². The minimum atomic E-state index is -4.51. The number of imidazole rings is 1. The Labute approximate surface area is 172 Å². The summed E-state index contributed by atoms with van der Waals surface area (Å²) in [5.41, 5.74) is 1.03. The van der Waals surface area contributed by atoms with E-state index in [4.69, 9.17) is 0 Å². The molecule has 2 aromatic carbocycles. The lowest BCUT2D eigenvalue weighted by atomic mass is 10.1. The molecule has 3 aromatic rings. The number of amides is 1. The number of benzene rings is 2. The first-order valence-corrected chi connectivity index (χ1v) is 9.62. The van der Waals surface area contributed by atoms with Crippen LogP contribution >= 0.6 is 0 Å². The standard InChI is InChI=1S/C22H21F3N4O/c1-27-9-11-28(12-10-27)20(30)8-7-16-13-17(22(23,24)25)14-19-21(16)29(15-26-19)18-5-3-2-4-6-18/h2-8,13-15H,9-12H2,1H3/b8-7+. The van der Waals surface area contributed by atoms with Crippen molar-refractivity contribution in [2.75, 3.05) is 33.2 Å². The number of rotatable bonds is 3. The van der Waals surface area contributed by atoms with Crippen molar-refractivity contribution in [1.29, 1.82) is 0 Å². The third-order valence-electron chi connectivity index (χ3n) is 5.25. The summed E-state index contributed by atoms with van der Waals surface area (Å²) in [6.07, 6.45) is -0.198. The van der Waals surface area contributed by atoms with E-state index in [2.05, 4.69) is 9.88 Å². The second-order valence-corrected chi connectivity index (χ2v) is 7.34. The fraction of sp³-hybridized carbons (Fsp3) is 0.273. The Morgan fingerprint density at radius 3 is 2.43 bits per heavy atom. The summed E-state index contributed by atoms with van der Waals surface area (Å²) < 4.78 is 42.0. The summed E-state index contributed by atoms with van der Waals surface area (Å²) in [6, 6.07) is 11.4. The normalized spacial score (nSPS) is 15.9. The van der Waals surface area contributed by atoms with Gasteiger partial charge in [0.25, 0.3) is 0 Å². The van der Waals surface area contributed by atoms with Crippen molar-refractivity contribution in [3.63, 3.8) is 0 Å². The van der Waals surface area contributed by atoms with Gasteiger partial charge in [-0.05, 0) is 37.4 Å². The Balaban J connectivity index is 1.76. The summed E-state index contributed by atoms with van der Waals surface area (Å²) in [7, 11) is 1.99. The van der Waals surface area contributed by atoms with Crippen molar-refractivity contribution < 1.29 is 18.0 Å². The van der Waals surface area contributed by atoms with Crippen LogP contribution in [-0.2, 0) is 11.0 Å². The van der Waals surface area contributed by atoms with Gasteiger partial charge < -0.3 is 9.80 Å².